The number of carbonyl (C=O) groups excluding carboxylic acids is 1. The molecule has 0 saturated carbocycles. The Labute approximate surface area is 184 Å². The molecule has 0 saturated heterocycles. The first kappa shape index (κ1) is 22.3. The first-order chi connectivity index (χ1) is 14.7. The molecule has 0 amide bonds. The molecule has 0 bridgehead atoms. The lowest BCUT2D eigenvalue weighted by molar-refractivity contribution is 0.0600. The number of methoxy groups -OCH3 is 1. The smallest absolute Gasteiger partial charge is 0.337 e. The Kier molecular flexibility index (Phi) is 6.62. The summed E-state index contributed by atoms with van der Waals surface area (Å²) in [4.78, 5) is 19.9. The number of hydrogen-bond donors (Lipinski definition) is 2. The minimum atomic E-state index is -4.01. The van der Waals surface area contributed by atoms with E-state index < -0.39 is 16.0 Å². The number of nitrogens with one attached hydrogen (secondary N) is 1. The third-order valence-corrected chi connectivity index (χ3v) is 5.77. The second-order valence-corrected chi connectivity index (χ2v) is 8.32. The lowest BCUT2D eigenvalue weighted by Gasteiger charge is -2.13. The third kappa shape index (κ3) is 5.22. The number of aromatic nitrogens is 2. The number of ether oxygens (including phenoxy) is 2. The van der Waals surface area contributed by atoms with E-state index >= 15 is 0 Å². The molecule has 0 atom stereocenters. The fourth-order valence-corrected chi connectivity index (χ4v) is 3.93. The molecule has 1 aromatic heterocycles. The van der Waals surface area contributed by atoms with E-state index in [0.29, 0.717) is 12.0 Å². The summed E-state index contributed by atoms with van der Waals surface area (Å²) in [5.74, 6) is -0.465. The van der Waals surface area contributed by atoms with Crippen LogP contribution in [-0.2, 0) is 21.2 Å². The zero-order valence-electron chi connectivity index (χ0n) is 16.6. The molecule has 11 heteroatoms. The van der Waals surface area contributed by atoms with Gasteiger partial charge in [-0.05, 0) is 42.8 Å². The van der Waals surface area contributed by atoms with Gasteiger partial charge in [0.2, 0.25) is 11.8 Å². The zero-order chi connectivity index (χ0) is 22.6. The van der Waals surface area contributed by atoms with Crippen molar-refractivity contribution in [3.8, 4) is 11.6 Å². The normalized spacial score (nSPS) is 11.1. The van der Waals surface area contributed by atoms with Gasteiger partial charge in [0.05, 0.1) is 23.1 Å². The fourth-order valence-electron chi connectivity index (χ4n) is 2.64. The number of rotatable bonds is 7. The second-order valence-electron chi connectivity index (χ2n) is 6.27. The number of benzene rings is 2. The summed E-state index contributed by atoms with van der Waals surface area (Å²) < 4.78 is 38.1. The number of hydrogen-bond acceptors (Lipinski definition) is 8. The number of halogens is 1. The minimum Gasteiger partial charge on any atom is -0.465 e. The lowest BCUT2D eigenvalue weighted by atomic mass is 10.2. The molecule has 9 nitrogen and oxygen atoms in total. The highest BCUT2D eigenvalue weighted by atomic mass is 35.5. The van der Waals surface area contributed by atoms with Gasteiger partial charge < -0.3 is 15.2 Å². The zero-order valence-corrected chi connectivity index (χ0v) is 18.2. The molecule has 31 heavy (non-hydrogen) atoms. The average Bonchev–Trinajstić information content (AvgIpc) is 2.73. The van der Waals surface area contributed by atoms with Crippen LogP contribution in [0.25, 0.3) is 0 Å². The van der Waals surface area contributed by atoms with E-state index in [0.717, 1.165) is 0 Å². The molecule has 0 radical (unpaired) electrons. The third-order valence-electron chi connectivity index (χ3n) is 4.14. The van der Waals surface area contributed by atoms with E-state index in [1.165, 1.54) is 31.4 Å². The molecule has 0 fully saturated rings. The molecule has 2 aromatic carbocycles. The number of nitrogens with zero attached hydrogens (tertiary/aromatic N) is 2. The fraction of sp³-hybridized carbons (Fsp3) is 0.150. The highest BCUT2D eigenvalue weighted by Crippen LogP contribution is 2.30. The van der Waals surface area contributed by atoms with Gasteiger partial charge in [-0.25, -0.2) is 17.9 Å². The first-order valence-electron chi connectivity index (χ1n) is 9.04. The molecule has 0 spiro atoms. The lowest BCUT2D eigenvalue weighted by Crippen LogP contribution is -2.16. The molecular formula is C20H19ClN4O5S. The molecule has 0 aliphatic heterocycles. The van der Waals surface area contributed by atoms with Crippen molar-refractivity contribution in [2.75, 3.05) is 17.6 Å². The van der Waals surface area contributed by atoms with Crippen LogP contribution in [0.15, 0.2) is 53.4 Å². The Bertz CT molecular complexity index is 1230. The Balaban J connectivity index is 1.96. The Morgan fingerprint density at radius 2 is 1.90 bits per heavy atom. The van der Waals surface area contributed by atoms with Crippen LogP contribution < -0.4 is 15.2 Å². The van der Waals surface area contributed by atoms with Gasteiger partial charge in [0.25, 0.3) is 10.0 Å². The number of sulfonamides is 1. The summed E-state index contributed by atoms with van der Waals surface area (Å²) in [7, 11) is -2.74. The van der Waals surface area contributed by atoms with Crippen LogP contribution in [0.3, 0.4) is 0 Å². The molecule has 3 rings (SSSR count). The summed E-state index contributed by atoms with van der Waals surface area (Å²) in [6, 6.07) is 12.0. The molecular weight excluding hydrogens is 444 g/mol. The van der Waals surface area contributed by atoms with Crippen LogP contribution in [0.1, 0.15) is 22.8 Å². The largest absolute Gasteiger partial charge is 0.465 e. The average molecular weight is 463 g/mol. The van der Waals surface area contributed by atoms with Gasteiger partial charge in [0.15, 0.2) is 0 Å². The van der Waals surface area contributed by atoms with Gasteiger partial charge in [-0.1, -0.05) is 30.7 Å². The van der Waals surface area contributed by atoms with Crippen molar-refractivity contribution < 1.29 is 22.7 Å². The van der Waals surface area contributed by atoms with Gasteiger partial charge in [-0.3, -0.25) is 0 Å². The van der Waals surface area contributed by atoms with E-state index in [2.05, 4.69) is 14.7 Å². The minimum absolute atomic E-state index is 0.0295. The number of nitrogens with two attached hydrogens (primary N) is 1. The highest BCUT2D eigenvalue weighted by Gasteiger charge is 2.20. The van der Waals surface area contributed by atoms with Crippen LogP contribution in [-0.4, -0.2) is 31.5 Å². The SMILES string of the molecule is CCc1c(Cl)nc(NS(=O)(=O)c2cccc(N)c2)nc1Oc1cccc(C(=O)OC)c1. The molecule has 3 N–H and O–H groups in total. The monoisotopic (exact) mass is 462 g/mol. The maximum atomic E-state index is 12.7. The number of anilines is 2. The maximum Gasteiger partial charge on any atom is 0.337 e. The Morgan fingerprint density at radius 3 is 2.58 bits per heavy atom. The number of esters is 1. The summed E-state index contributed by atoms with van der Waals surface area (Å²) >= 11 is 6.25. The van der Waals surface area contributed by atoms with E-state index in [-0.39, 0.29) is 38.9 Å². The van der Waals surface area contributed by atoms with Crippen molar-refractivity contribution in [1.82, 2.24) is 9.97 Å². The summed E-state index contributed by atoms with van der Waals surface area (Å²) in [5, 5.41) is 0.0295. The topological polar surface area (TPSA) is 134 Å². The van der Waals surface area contributed by atoms with Crippen molar-refractivity contribution in [3.05, 3.63) is 64.8 Å². The molecule has 162 valence electrons. The van der Waals surface area contributed by atoms with Gasteiger partial charge in [-0.15, -0.1) is 0 Å². The van der Waals surface area contributed by atoms with Crippen molar-refractivity contribution in [2.45, 2.75) is 18.2 Å². The molecule has 0 aliphatic rings. The summed E-state index contributed by atoms with van der Waals surface area (Å²) in [6.07, 6.45) is 0.424. The quantitative estimate of drug-likeness (QED) is 0.308. The molecule has 0 aliphatic carbocycles. The summed E-state index contributed by atoms with van der Waals surface area (Å²) in [5.41, 5.74) is 6.70. The van der Waals surface area contributed by atoms with Crippen LogP contribution in [0.5, 0.6) is 11.6 Å². The van der Waals surface area contributed by atoms with Gasteiger partial charge in [0.1, 0.15) is 10.9 Å². The molecule has 3 aromatic rings. The van der Waals surface area contributed by atoms with Crippen LogP contribution in [0.4, 0.5) is 11.6 Å². The molecule has 0 unspecified atom stereocenters. The van der Waals surface area contributed by atoms with Crippen LogP contribution in [0, 0.1) is 0 Å². The maximum absolute atomic E-state index is 12.7. The molecule has 1 heterocycles. The van der Waals surface area contributed by atoms with Crippen molar-refractivity contribution >= 4 is 39.2 Å². The van der Waals surface area contributed by atoms with E-state index in [1.807, 2.05) is 6.92 Å². The van der Waals surface area contributed by atoms with Gasteiger partial charge in [-0.2, -0.15) is 9.97 Å². The Hall–Kier alpha value is -3.37. The van der Waals surface area contributed by atoms with Crippen molar-refractivity contribution in [2.24, 2.45) is 0 Å². The standard InChI is InChI=1S/C20H19ClN4O5S/c1-3-16-17(21)23-20(25-31(27,28)15-9-5-7-13(22)11-15)24-18(16)30-14-8-4-6-12(10-14)19(26)29-2/h4-11H,3,22H2,1-2H3,(H,23,24,25). The predicted octanol–water partition coefficient (Wildman–Crippen LogP) is 3.65. The summed E-state index contributed by atoms with van der Waals surface area (Å²) in [6.45, 7) is 1.82. The highest BCUT2D eigenvalue weighted by molar-refractivity contribution is 7.92. The van der Waals surface area contributed by atoms with Crippen molar-refractivity contribution in [1.29, 1.82) is 0 Å². The predicted molar refractivity (Wildman–Crippen MR) is 116 cm³/mol. The van der Waals surface area contributed by atoms with E-state index in [9.17, 15) is 13.2 Å². The van der Waals surface area contributed by atoms with Gasteiger partial charge >= 0.3 is 5.97 Å². The van der Waals surface area contributed by atoms with E-state index in [4.69, 9.17) is 26.8 Å². The van der Waals surface area contributed by atoms with Crippen molar-refractivity contribution in [3.63, 3.8) is 0 Å². The van der Waals surface area contributed by atoms with E-state index in [1.54, 1.807) is 24.3 Å². The Morgan fingerprint density at radius 1 is 1.16 bits per heavy atom. The van der Waals surface area contributed by atoms with Crippen LogP contribution in [0.2, 0.25) is 5.15 Å². The second kappa shape index (κ2) is 9.19. The van der Waals surface area contributed by atoms with Crippen LogP contribution >= 0.6 is 11.6 Å². The number of nitrogen functional groups attached to an aromatic ring is 1. The number of carbonyl (C=O) groups is 1. The first-order valence-corrected chi connectivity index (χ1v) is 10.9. The van der Waals surface area contributed by atoms with Gasteiger partial charge in [0, 0.05) is 5.69 Å².